The Morgan fingerprint density at radius 3 is 2.19 bits per heavy atom. The third-order valence-electron chi connectivity index (χ3n) is 4.12. The van der Waals surface area contributed by atoms with Gasteiger partial charge in [0.05, 0.1) is 15.6 Å². The predicted molar refractivity (Wildman–Crippen MR) is 112 cm³/mol. The molecule has 4 nitrogen and oxygen atoms in total. The zero-order chi connectivity index (χ0) is 22.4. The molecular weight excluding hydrogens is 454 g/mol. The molecule has 0 aliphatic carbocycles. The van der Waals surface area contributed by atoms with Crippen LogP contribution in [0.5, 0.6) is 17.4 Å². The fourth-order valence-electron chi connectivity index (χ4n) is 2.55. The van der Waals surface area contributed by atoms with Crippen LogP contribution in [-0.2, 0) is 12.8 Å². The smallest absolute Gasteiger partial charge is 0.417 e. The zero-order valence-corrected chi connectivity index (χ0v) is 17.8. The molecule has 3 aromatic rings. The summed E-state index contributed by atoms with van der Waals surface area (Å²) in [5.41, 5.74) is 0.115. The largest absolute Gasteiger partial charge is 0.489 e. The van der Waals surface area contributed by atoms with E-state index >= 15 is 0 Å². The number of rotatable bonds is 8. The summed E-state index contributed by atoms with van der Waals surface area (Å²) >= 11 is 12.6. The summed E-state index contributed by atoms with van der Waals surface area (Å²) < 4.78 is 55.0. The number of aromatic nitrogens is 1. The van der Waals surface area contributed by atoms with Crippen LogP contribution in [0.25, 0.3) is 0 Å². The molecule has 1 unspecified atom stereocenters. The lowest BCUT2D eigenvalue weighted by Crippen LogP contribution is -2.23. The van der Waals surface area contributed by atoms with Gasteiger partial charge >= 0.3 is 6.18 Å². The highest BCUT2D eigenvalue weighted by molar-refractivity contribution is 6.37. The van der Waals surface area contributed by atoms with Crippen LogP contribution >= 0.6 is 23.2 Å². The molecule has 1 heterocycles. The molecule has 9 heteroatoms. The van der Waals surface area contributed by atoms with Gasteiger partial charge in [0, 0.05) is 30.8 Å². The van der Waals surface area contributed by atoms with Crippen LogP contribution in [0.4, 0.5) is 13.2 Å². The van der Waals surface area contributed by atoms with Gasteiger partial charge in [-0.1, -0.05) is 60.5 Å². The van der Waals surface area contributed by atoms with Crippen molar-refractivity contribution in [2.45, 2.75) is 32.4 Å². The molecular formula is C22H18Cl2F3NO3. The first-order valence-electron chi connectivity index (χ1n) is 9.28. The monoisotopic (exact) mass is 471 g/mol. The number of pyridine rings is 1. The standard InChI is InChI=1S/C22H18Cl2F3NO3/c1-2-20(30-19-9-8-15(12-28-19)22(25,26)27)31-21-17(23)10-16(11-18(21)24)29-13-14-6-4-3-5-7-14/h3-12,20H,2,13H2,1H3. The SMILES string of the molecule is CCC(Oc1ccc(C(F)(F)F)cn1)Oc1c(Cl)cc(OCc2ccccc2)cc1Cl. The summed E-state index contributed by atoms with van der Waals surface area (Å²) in [6.07, 6.45) is -4.28. The van der Waals surface area contributed by atoms with Crippen LogP contribution in [0.3, 0.4) is 0 Å². The summed E-state index contributed by atoms with van der Waals surface area (Å²) in [6.45, 7) is 2.11. The third-order valence-corrected chi connectivity index (χ3v) is 4.68. The van der Waals surface area contributed by atoms with E-state index in [1.54, 1.807) is 19.1 Å². The van der Waals surface area contributed by atoms with E-state index in [0.717, 1.165) is 17.7 Å². The van der Waals surface area contributed by atoms with Gasteiger partial charge in [-0.25, -0.2) is 4.98 Å². The fourth-order valence-corrected chi connectivity index (χ4v) is 3.10. The summed E-state index contributed by atoms with van der Waals surface area (Å²) in [7, 11) is 0. The number of halogens is 5. The highest BCUT2D eigenvalue weighted by Crippen LogP contribution is 2.38. The molecule has 164 valence electrons. The Labute approximate surface area is 187 Å². The first kappa shape index (κ1) is 23.0. The molecule has 0 aliphatic heterocycles. The molecule has 1 aromatic heterocycles. The van der Waals surface area contributed by atoms with E-state index < -0.39 is 18.0 Å². The molecule has 0 radical (unpaired) electrons. The highest BCUT2D eigenvalue weighted by Gasteiger charge is 2.31. The number of hydrogen-bond acceptors (Lipinski definition) is 4. The van der Waals surface area contributed by atoms with Crippen molar-refractivity contribution in [3.8, 4) is 17.4 Å². The Morgan fingerprint density at radius 2 is 1.65 bits per heavy atom. The van der Waals surface area contributed by atoms with Gasteiger partial charge in [0.1, 0.15) is 12.4 Å². The fraction of sp³-hybridized carbons (Fsp3) is 0.227. The number of benzene rings is 2. The second-order valence-corrected chi connectivity index (χ2v) is 7.26. The lowest BCUT2D eigenvalue weighted by atomic mass is 10.2. The number of nitrogens with zero attached hydrogens (tertiary/aromatic N) is 1. The van der Waals surface area contributed by atoms with Crippen LogP contribution in [0.2, 0.25) is 10.0 Å². The van der Waals surface area contributed by atoms with Gasteiger partial charge in [-0.15, -0.1) is 0 Å². The van der Waals surface area contributed by atoms with E-state index in [-0.39, 0.29) is 21.7 Å². The van der Waals surface area contributed by atoms with E-state index in [4.69, 9.17) is 37.4 Å². The molecule has 1 atom stereocenters. The van der Waals surface area contributed by atoms with E-state index in [1.165, 1.54) is 0 Å². The van der Waals surface area contributed by atoms with Crippen LogP contribution in [0, 0.1) is 0 Å². The van der Waals surface area contributed by atoms with Crippen molar-refractivity contribution in [3.05, 3.63) is 82.0 Å². The van der Waals surface area contributed by atoms with Gasteiger partial charge in [0.15, 0.2) is 5.75 Å². The van der Waals surface area contributed by atoms with E-state index in [2.05, 4.69) is 4.98 Å². The van der Waals surface area contributed by atoms with Gasteiger partial charge in [-0.2, -0.15) is 13.2 Å². The maximum Gasteiger partial charge on any atom is 0.417 e. The van der Waals surface area contributed by atoms with Gasteiger partial charge in [-0.3, -0.25) is 0 Å². The molecule has 0 saturated heterocycles. The van der Waals surface area contributed by atoms with Crippen molar-refractivity contribution < 1.29 is 27.4 Å². The Hall–Kier alpha value is -2.64. The van der Waals surface area contributed by atoms with Crippen molar-refractivity contribution in [3.63, 3.8) is 0 Å². The maximum atomic E-state index is 12.7. The number of hydrogen-bond donors (Lipinski definition) is 0. The van der Waals surface area contributed by atoms with Gasteiger partial charge in [0.2, 0.25) is 12.2 Å². The van der Waals surface area contributed by atoms with Crippen molar-refractivity contribution in [2.75, 3.05) is 0 Å². The second-order valence-electron chi connectivity index (χ2n) is 6.45. The number of alkyl halides is 3. The zero-order valence-electron chi connectivity index (χ0n) is 16.3. The molecule has 0 amide bonds. The van der Waals surface area contributed by atoms with Crippen molar-refractivity contribution in [1.29, 1.82) is 0 Å². The summed E-state index contributed by atoms with van der Waals surface area (Å²) in [4.78, 5) is 3.68. The summed E-state index contributed by atoms with van der Waals surface area (Å²) in [5, 5.41) is 0.413. The average molecular weight is 472 g/mol. The minimum Gasteiger partial charge on any atom is -0.489 e. The molecule has 0 bridgehead atoms. The normalized spacial score (nSPS) is 12.3. The van der Waals surface area contributed by atoms with Crippen molar-refractivity contribution >= 4 is 23.2 Å². The first-order valence-corrected chi connectivity index (χ1v) is 10.0. The van der Waals surface area contributed by atoms with E-state index in [0.29, 0.717) is 25.0 Å². The minimum atomic E-state index is -4.47. The Morgan fingerprint density at radius 1 is 0.968 bits per heavy atom. The molecule has 3 rings (SSSR count). The molecule has 2 aromatic carbocycles. The quantitative estimate of drug-likeness (QED) is 0.326. The van der Waals surface area contributed by atoms with Crippen LogP contribution < -0.4 is 14.2 Å². The second kappa shape index (κ2) is 10.1. The average Bonchev–Trinajstić information content (AvgIpc) is 2.74. The summed E-state index contributed by atoms with van der Waals surface area (Å²) in [5.74, 6) is 0.619. The van der Waals surface area contributed by atoms with Crippen molar-refractivity contribution in [1.82, 2.24) is 4.98 Å². The predicted octanol–water partition coefficient (Wildman–Crippen LogP) is 7.18. The van der Waals surface area contributed by atoms with Gasteiger partial charge in [-0.05, 0) is 11.6 Å². The van der Waals surface area contributed by atoms with Crippen LogP contribution in [-0.4, -0.2) is 11.3 Å². The minimum absolute atomic E-state index is 0.0186. The lowest BCUT2D eigenvalue weighted by molar-refractivity contribution is -0.137. The molecule has 0 spiro atoms. The summed E-state index contributed by atoms with van der Waals surface area (Å²) in [6, 6.07) is 14.7. The maximum absolute atomic E-state index is 12.7. The Kier molecular flexibility index (Phi) is 7.51. The van der Waals surface area contributed by atoms with Crippen LogP contribution in [0.1, 0.15) is 24.5 Å². The first-order chi connectivity index (χ1) is 14.8. The Balaban J connectivity index is 1.67. The van der Waals surface area contributed by atoms with Gasteiger partial charge < -0.3 is 14.2 Å². The van der Waals surface area contributed by atoms with E-state index in [9.17, 15) is 13.2 Å². The number of ether oxygens (including phenoxy) is 3. The lowest BCUT2D eigenvalue weighted by Gasteiger charge is -2.20. The van der Waals surface area contributed by atoms with Crippen molar-refractivity contribution in [2.24, 2.45) is 0 Å². The molecule has 0 N–H and O–H groups in total. The Bertz CT molecular complexity index is 976. The molecule has 0 aliphatic rings. The van der Waals surface area contributed by atoms with Gasteiger partial charge in [0.25, 0.3) is 0 Å². The third kappa shape index (κ3) is 6.42. The van der Waals surface area contributed by atoms with Crippen LogP contribution in [0.15, 0.2) is 60.8 Å². The highest BCUT2D eigenvalue weighted by atomic mass is 35.5. The molecule has 31 heavy (non-hydrogen) atoms. The van der Waals surface area contributed by atoms with E-state index in [1.807, 2.05) is 30.3 Å². The molecule has 0 saturated carbocycles. The topological polar surface area (TPSA) is 40.6 Å². The molecule has 0 fully saturated rings.